The SMILES string of the molecule is C=CCCCOc1ccc(Br)cc1S(N)(=O)=O. The number of unbranched alkanes of at least 4 members (excludes halogenated alkanes) is 1. The number of hydrogen-bond donors (Lipinski definition) is 1. The minimum Gasteiger partial charge on any atom is -0.492 e. The van der Waals surface area contributed by atoms with Gasteiger partial charge in [0, 0.05) is 4.47 Å². The van der Waals surface area contributed by atoms with E-state index in [9.17, 15) is 8.42 Å². The van der Waals surface area contributed by atoms with Gasteiger partial charge in [0.1, 0.15) is 10.6 Å². The maximum absolute atomic E-state index is 11.4. The Morgan fingerprint density at radius 2 is 2.18 bits per heavy atom. The quantitative estimate of drug-likeness (QED) is 0.646. The molecule has 94 valence electrons. The highest BCUT2D eigenvalue weighted by molar-refractivity contribution is 9.10. The molecule has 0 aromatic heterocycles. The number of halogens is 1. The lowest BCUT2D eigenvalue weighted by Crippen LogP contribution is -2.14. The Hall–Kier alpha value is -0.850. The summed E-state index contributed by atoms with van der Waals surface area (Å²) in [5.41, 5.74) is 0. The van der Waals surface area contributed by atoms with Crippen molar-refractivity contribution in [3.8, 4) is 5.75 Å². The predicted octanol–water partition coefficient (Wildman–Crippen LogP) is 2.44. The number of sulfonamides is 1. The highest BCUT2D eigenvalue weighted by atomic mass is 79.9. The van der Waals surface area contributed by atoms with Gasteiger partial charge in [-0.05, 0) is 31.0 Å². The summed E-state index contributed by atoms with van der Waals surface area (Å²) in [6.07, 6.45) is 3.39. The number of primary sulfonamides is 1. The normalized spacial score (nSPS) is 11.2. The highest BCUT2D eigenvalue weighted by Gasteiger charge is 2.15. The summed E-state index contributed by atoms with van der Waals surface area (Å²) < 4.78 is 28.7. The van der Waals surface area contributed by atoms with Crippen LogP contribution < -0.4 is 9.88 Å². The van der Waals surface area contributed by atoms with Crippen LogP contribution in [0.5, 0.6) is 5.75 Å². The molecule has 0 radical (unpaired) electrons. The minimum absolute atomic E-state index is 0.00882. The molecule has 0 amide bonds. The Labute approximate surface area is 110 Å². The number of hydrogen-bond acceptors (Lipinski definition) is 3. The van der Waals surface area contributed by atoms with Crippen molar-refractivity contribution in [3.63, 3.8) is 0 Å². The molecule has 0 aliphatic rings. The van der Waals surface area contributed by atoms with Crippen molar-refractivity contribution in [2.75, 3.05) is 6.61 Å². The lowest BCUT2D eigenvalue weighted by atomic mass is 10.3. The molecule has 0 bridgehead atoms. The molecule has 0 atom stereocenters. The summed E-state index contributed by atoms with van der Waals surface area (Å²) in [4.78, 5) is -0.00882. The van der Waals surface area contributed by atoms with E-state index in [1.165, 1.54) is 6.07 Å². The second kappa shape index (κ2) is 6.18. The Balaban J connectivity index is 2.88. The molecule has 1 aromatic rings. The number of benzene rings is 1. The van der Waals surface area contributed by atoms with Crippen molar-refractivity contribution >= 4 is 26.0 Å². The molecule has 0 aliphatic heterocycles. The molecule has 1 aromatic carbocycles. The monoisotopic (exact) mass is 319 g/mol. The van der Waals surface area contributed by atoms with Gasteiger partial charge in [-0.1, -0.05) is 22.0 Å². The fraction of sp³-hybridized carbons (Fsp3) is 0.273. The van der Waals surface area contributed by atoms with Crippen LogP contribution in [0.25, 0.3) is 0 Å². The molecule has 1 rings (SSSR count). The standard InChI is InChI=1S/C11H14BrNO3S/c1-2-3-4-7-16-10-6-5-9(12)8-11(10)17(13,14)15/h2,5-6,8H,1,3-4,7H2,(H2,13,14,15). The van der Waals surface area contributed by atoms with Gasteiger partial charge in [-0.3, -0.25) is 0 Å². The third-order valence-corrected chi connectivity index (χ3v) is 3.45. The summed E-state index contributed by atoms with van der Waals surface area (Å²) in [5, 5.41) is 5.11. The van der Waals surface area contributed by atoms with Gasteiger partial charge in [-0.25, -0.2) is 13.6 Å². The second-order valence-electron chi connectivity index (χ2n) is 3.42. The summed E-state index contributed by atoms with van der Waals surface area (Å²) in [6, 6.07) is 4.72. The first-order valence-corrected chi connectivity index (χ1v) is 7.35. The zero-order chi connectivity index (χ0) is 12.9. The van der Waals surface area contributed by atoms with E-state index in [1.54, 1.807) is 18.2 Å². The van der Waals surface area contributed by atoms with Crippen molar-refractivity contribution in [2.45, 2.75) is 17.7 Å². The number of ether oxygens (including phenoxy) is 1. The van der Waals surface area contributed by atoms with Crippen molar-refractivity contribution in [2.24, 2.45) is 5.14 Å². The number of nitrogens with two attached hydrogens (primary N) is 1. The molecule has 0 saturated heterocycles. The van der Waals surface area contributed by atoms with Crippen LogP contribution >= 0.6 is 15.9 Å². The summed E-state index contributed by atoms with van der Waals surface area (Å²) in [6.45, 7) is 4.02. The van der Waals surface area contributed by atoms with Gasteiger partial charge in [-0.15, -0.1) is 6.58 Å². The predicted molar refractivity (Wildman–Crippen MR) is 70.4 cm³/mol. The van der Waals surface area contributed by atoms with Gasteiger partial charge in [0.2, 0.25) is 10.0 Å². The Morgan fingerprint density at radius 1 is 1.47 bits per heavy atom. The first-order valence-electron chi connectivity index (χ1n) is 5.01. The largest absolute Gasteiger partial charge is 0.492 e. The van der Waals surface area contributed by atoms with E-state index in [2.05, 4.69) is 22.5 Å². The van der Waals surface area contributed by atoms with Crippen molar-refractivity contribution in [1.29, 1.82) is 0 Å². The van der Waals surface area contributed by atoms with Gasteiger partial charge in [0.15, 0.2) is 0 Å². The number of rotatable bonds is 6. The highest BCUT2D eigenvalue weighted by Crippen LogP contribution is 2.26. The van der Waals surface area contributed by atoms with Gasteiger partial charge < -0.3 is 4.74 Å². The lowest BCUT2D eigenvalue weighted by molar-refractivity contribution is 0.304. The number of allylic oxidation sites excluding steroid dienone is 1. The van der Waals surface area contributed by atoms with Gasteiger partial charge in [0.25, 0.3) is 0 Å². The molecule has 4 nitrogen and oxygen atoms in total. The molecule has 2 N–H and O–H groups in total. The van der Waals surface area contributed by atoms with Gasteiger partial charge >= 0.3 is 0 Å². The molecule has 6 heteroatoms. The molecule has 0 heterocycles. The van der Waals surface area contributed by atoms with Crippen LogP contribution in [0.3, 0.4) is 0 Å². The van der Waals surface area contributed by atoms with Crippen LogP contribution in [0.2, 0.25) is 0 Å². The first kappa shape index (κ1) is 14.2. The smallest absolute Gasteiger partial charge is 0.241 e. The lowest BCUT2D eigenvalue weighted by Gasteiger charge is -2.10. The average molecular weight is 320 g/mol. The van der Waals surface area contributed by atoms with Gasteiger partial charge in [-0.2, -0.15) is 0 Å². The van der Waals surface area contributed by atoms with E-state index >= 15 is 0 Å². The summed E-state index contributed by atoms with van der Waals surface area (Å²) in [5.74, 6) is 0.278. The molecule has 0 saturated carbocycles. The molecule has 0 spiro atoms. The second-order valence-corrected chi connectivity index (χ2v) is 5.86. The molecule has 0 fully saturated rings. The van der Waals surface area contributed by atoms with Crippen LogP contribution in [-0.4, -0.2) is 15.0 Å². The Kier molecular flexibility index (Phi) is 5.17. The minimum atomic E-state index is -3.77. The van der Waals surface area contributed by atoms with E-state index < -0.39 is 10.0 Å². The van der Waals surface area contributed by atoms with Crippen LogP contribution in [-0.2, 0) is 10.0 Å². The molecule has 0 aliphatic carbocycles. The van der Waals surface area contributed by atoms with Crippen LogP contribution in [0.4, 0.5) is 0 Å². The summed E-state index contributed by atoms with van der Waals surface area (Å²) >= 11 is 3.19. The first-order chi connectivity index (χ1) is 7.95. The topological polar surface area (TPSA) is 69.4 Å². The fourth-order valence-electron chi connectivity index (χ4n) is 1.23. The average Bonchev–Trinajstić information content (AvgIpc) is 2.25. The van der Waals surface area contributed by atoms with Crippen LogP contribution in [0, 0.1) is 0 Å². The zero-order valence-electron chi connectivity index (χ0n) is 9.23. The van der Waals surface area contributed by atoms with E-state index in [1.807, 2.05) is 0 Å². The third kappa shape index (κ3) is 4.49. The third-order valence-electron chi connectivity index (χ3n) is 2.02. The van der Waals surface area contributed by atoms with Crippen molar-refractivity contribution in [3.05, 3.63) is 35.3 Å². The molecular formula is C11H14BrNO3S. The maximum Gasteiger partial charge on any atom is 0.241 e. The zero-order valence-corrected chi connectivity index (χ0v) is 11.6. The van der Waals surface area contributed by atoms with E-state index in [0.29, 0.717) is 11.1 Å². The molecular weight excluding hydrogens is 306 g/mol. The molecule has 17 heavy (non-hydrogen) atoms. The summed E-state index contributed by atoms with van der Waals surface area (Å²) in [7, 11) is -3.77. The van der Waals surface area contributed by atoms with Crippen LogP contribution in [0.15, 0.2) is 40.2 Å². The van der Waals surface area contributed by atoms with Crippen molar-refractivity contribution in [1.82, 2.24) is 0 Å². The molecule has 0 unspecified atom stereocenters. The van der Waals surface area contributed by atoms with Crippen molar-refractivity contribution < 1.29 is 13.2 Å². The fourth-order valence-corrected chi connectivity index (χ4v) is 2.44. The Bertz CT molecular complexity index is 499. The van der Waals surface area contributed by atoms with E-state index in [4.69, 9.17) is 9.88 Å². The van der Waals surface area contributed by atoms with E-state index in [-0.39, 0.29) is 10.6 Å². The van der Waals surface area contributed by atoms with Gasteiger partial charge in [0.05, 0.1) is 6.61 Å². The maximum atomic E-state index is 11.4. The van der Waals surface area contributed by atoms with E-state index in [0.717, 1.165) is 12.8 Å². The Morgan fingerprint density at radius 3 is 2.76 bits per heavy atom. The van der Waals surface area contributed by atoms with Crippen LogP contribution in [0.1, 0.15) is 12.8 Å².